The Labute approximate surface area is 114 Å². The predicted octanol–water partition coefficient (Wildman–Crippen LogP) is 3.44. The molecule has 2 heterocycles. The van der Waals surface area contributed by atoms with Crippen molar-refractivity contribution >= 4 is 22.3 Å². The Morgan fingerprint density at radius 3 is 2.84 bits per heavy atom. The van der Waals surface area contributed by atoms with Gasteiger partial charge in [-0.1, -0.05) is 32.0 Å². The summed E-state index contributed by atoms with van der Waals surface area (Å²) in [5.74, 6) is 0. The Morgan fingerprint density at radius 2 is 2.05 bits per heavy atom. The highest BCUT2D eigenvalue weighted by molar-refractivity contribution is 5.97. The van der Waals surface area contributed by atoms with Crippen LogP contribution in [0, 0.1) is 5.41 Å². The maximum Gasteiger partial charge on any atom is 0.0745 e. The molecule has 2 N–H and O–H groups in total. The van der Waals surface area contributed by atoms with Gasteiger partial charge in [-0.15, -0.1) is 0 Å². The van der Waals surface area contributed by atoms with Crippen molar-refractivity contribution in [2.45, 2.75) is 26.7 Å². The molecule has 1 fully saturated rings. The molecule has 0 unspecified atom stereocenters. The summed E-state index contributed by atoms with van der Waals surface area (Å²) in [5.41, 5.74) is 9.53. The molecule has 3 rings (SSSR count). The van der Waals surface area contributed by atoms with Gasteiger partial charge in [0.1, 0.15) is 0 Å². The van der Waals surface area contributed by atoms with E-state index in [4.69, 9.17) is 5.73 Å². The third kappa shape index (κ3) is 2.25. The minimum atomic E-state index is 0.356. The quantitative estimate of drug-likeness (QED) is 0.848. The van der Waals surface area contributed by atoms with Gasteiger partial charge in [-0.2, -0.15) is 0 Å². The number of nitrogens with two attached hydrogens (primary N) is 1. The zero-order valence-electron chi connectivity index (χ0n) is 11.7. The van der Waals surface area contributed by atoms with Gasteiger partial charge in [0.25, 0.3) is 0 Å². The summed E-state index contributed by atoms with van der Waals surface area (Å²) < 4.78 is 0. The molecule has 0 bridgehead atoms. The van der Waals surface area contributed by atoms with Crippen molar-refractivity contribution in [1.29, 1.82) is 0 Å². The molecule has 1 aromatic heterocycles. The third-order valence-corrected chi connectivity index (χ3v) is 3.99. The smallest absolute Gasteiger partial charge is 0.0745 e. The molecule has 1 aliphatic rings. The summed E-state index contributed by atoms with van der Waals surface area (Å²) >= 11 is 0. The maximum atomic E-state index is 6.20. The van der Waals surface area contributed by atoms with E-state index in [-0.39, 0.29) is 0 Å². The Balaban J connectivity index is 2.11. The fourth-order valence-electron chi connectivity index (χ4n) is 3.11. The predicted molar refractivity (Wildman–Crippen MR) is 81.4 cm³/mol. The fraction of sp³-hybridized carbons (Fsp3) is 0.438. The minimum Gasteiger partial charge on any atom is -0.396 e. The number of piperidine rings is 1. The first-order valence-electron chi connectivity index (χ1n) is 6.95. The van der Waals surface area contributed by atoms with Crippen LogP contribution in [0.1, 0.15) is 26.7 Å². The SMILES string of the molecule is CC1(C)CCCN(c2c(N)cnc3ccccc23)C1. The van der Waals surface area contributed by atoms with Crippen LogP contribution in [0.5, 0.6) is 0 Å². The number of benzene rings is 1. The molecule has 0 saturated carbocycles. The highest BCUT2D eigenvalue weighted by Crippen LogP contribution is 2.37. The molecular formula is C16H21N3. The molecule has 0 amide bonds. The summed E-state index contributed by atoms with van der Waals surface area (Å²) in [7, 11) is 0. The lowest BCUT2D eigenvalue weighted by molar-refractivity contribution is 0.293. The van der Waals surface area contributed by atoms with Gasteiger partial charge < -0.3 is 10.6 Å². The van der Waals surface area contributed by atoms with E-state index in [1.807, 2.05) is 12.1 Å². The van der Waals surface area contributed by atoms with Crippen LogP contribution in [0.15, 0.2) is 30.5 Å². The molecule has 3 heteroatoms. The van der Waals surface area contributed by atoms with Gasteiger partial charge in [-0.3, -0.25) is 4.98 Å². The summed E-state index contributed by atoms with van der Waals surface area (Å²) in [6, 6.07) is 8.25. The molecule has 1 aromatic carbocycles. The van der Waals surface area contributed by atoms with Gasteiger partial charge >= 0.3 is 0 Å². The van der Waals surface area contributed by atoms with E-state index in [1.165, 1.54) is 23.9 Å². The number of anilines is 2. The largest absolute Gasteiger partial charge is 0.396 e. The third-order valence-electron chi connectivity index (χ3n) is 3.99. The molecule has 0 radical (unpaired) electrons. The standard InChI is InChI=1S/C16H21N3/c1-16(2)8-5-9-19(11-16)15-12-6-3-4-7-14(12)18-10-13(15)17/h3-4,6-7,10H,5,8-9,11,17H2,1-2H3. The Morgan fingerprint density at radius 1 is 1.26 bits per heavy atom. The number of rotatable bonds is 1. The van der Waals surface area contributed by atoms with Gasteiger partial charge in [0.05, 0.1) is 23.1 Å². The van der Waals surface area contributed by atoms with E-state index in [0.29, 0.717) is 5.41 Å². The molecule has 0 aliphatic carbocycles. The van der Waals surface area contributed by atoms with Crippen LogP contribution in [-0.2, 0) is 0 Å². The summed E-state index contributed by atoms with van der Waals surface area (Å²) in [5, 5.41) is 1.17. The molecule has 3 nitrogen and oxygen atoms in total. The number of nitrogen functional groups attached to an aromatic ring is 1. The maximum absolute atomic E-state index is 6.20. The van der Waals surface area contributed by atoms with Gasteiger partial charge in [-0.25, -0.2) is 0 Å². The monoisotopic (exact) mass is 255 g/mol. The second-order valence-electron chi connectivity index (χ2n) is 6.27. The number of aromatic nitrogens is 1. The van der Waals surface area contributed by atoms with E-state index >= 15 is 0 Å². The first-order chi connectivity index (χ1) is 9.07. The Hall–Kier alpha value is -1.77. The van der Waals surface area contributed by atoms with Gasteiger partial charge in [-0.05, 0) is 24.3 Å². The van der Waals surface area contributed by atoms with E-state index in [0.717, 1.165) is 24.3 Å². The van der Waals surface area contributed by atoms with Crippen molar-refractivity contribution in [3.8, 4) is 0 Å². The van der Waals surface area contributed by atoms with E-state index in [9.17, 15) is 0 Å². The van der Waals surface area contributed by atoms with Crippen LogP contribution in [0.3, 0.4) is 0 Å². The van der Waals surface area contributed by atoms with Crippen LogP contribution in [0.4, 0.5) is 11.4 Å². The van der Waals surface area contributed by atoms with Crippen molar-refractivity contribution in [1.82, 2.24) is 4.98 Å². The van der Waals surface area contributed by atoms with Gasteiger partial charge in [0.15, 0.2) is 0 Å². The molecule has 2 aromatic rings. The van der Waals surface area contributed by atoms with Crippen molar-refractivity contribution < 1.29 is 0 Å². The van der Waals surface area contributed by atoms with E-state index < -0.39 is 0 Å². The van der Waals surface area contributed by atoms with Crippen LogP contribution < -0.4 is 10.6 Å². The lowest BCUT2D eigenvalue weighted by Gasteiger charge is -2.40. The molecule has 19 heavy (non-hydrogen) atoms. The molecule has 0 atom stereocenters. The zero-order chi connectivity index (χ0) is 13.5. The summed E-state index contributed by atoms with van der Waals surface area (Å²) in [4.78, 5) is 6.85. The molecule has 1 saturated heterocycles. The zero-order valence-corrected chi connectivity index (χ0v) is 11.7. The van der Waals surface area contributed by atoms with Crippen LogP contribution >= 0.6 is 0 Å². The van der Waals surface area contributed by atoms with E-state index in [2.05, 4.69) is 35.9 Å². The second-order valence-corrected chi connectivity index (χ2v) is 6.27. The second kappa shape index (κ2) is 4.41. The number of fused-ring (bicyclic) bond motifs is 1. The molecule has 100 valence electrons. The number of hydrogen-bond donors (Lipinski definition) is 1. The number of nitrogens with zero attached hydrogens (tertiary/aromatic N) is 2. The van der Waals surface area contributed by atoms with Crippen molar-refractivity contribution in [2.24, 2.45) is 5.41 Å². The van der Waals surface area contributed by atoms with Crippen LogP contribution in [-0.4, -0.2) is 18.1 Å². The normalized spacial score (nSPS) is 18.7. The van der Waals surface area contributed by atoms with Crippen molar-refractivity contribution in [3.63, 3.8) is 0 Å². The van der Waals surface area contributed by atoms with Crippen molar-refractivity contribution in [3.05, 3.63) is 30.5 Å². The number of hydrogen-bond acceptors (Lipinski definition) is 3. The minimum absolute atomic E-state index is 0.356. The molecular weight excluding hydrogens is 234 g/mol. The summed E-state index contributed by atoms with van der Waals surface area (Å²) in [6.07, 6.45) is 4.30. The Kier molecular flexibility index (Phi) is 2.85. The average molecular weight is 255 g/mol. The van der Waals surface area contributed by atoms with Crippen LogP contribution in [0.2, 0.25) is 0 Å². The van der Waals surface area contributed by atoms with Gasteiger partial charge in [0.2, 0.25) is 0 Å². The van der Waals surface area contributed by atoms with Crippen LogP contribution in [0.25, 0.3) is 10.9 Å². The van der Waals surface area contributed by atoms with Gasteiger partial charge in [0, 0.05) is 18.5 Å². The average Bonchev–Trinajstić information content (AvgIpc) is 2.37. The fourth-order valence-corrected chi connectivity index (χ4v) is 3.11. The highest BCUT2D eigenvalue weighted by Gasteiger charge is 2.28. The number of pyridine rings is 1. The lowest BCUT2D eigenvalue weighted by Crippen LogP contribution is -2.40. The van der Waals surface area contributed by atoms with Crippen molar-refractivity contribution in [2.75, 3.05) is 23.7 Å². The Bertz CT molecular complexity index is 604. The van der Waals surface area contributed by atoms with E-state index in [1.54, 1.807) is 6.20 Å². The molecule has 1 aliphatic heterocycles. The topological polar surface area (TPSA) is 42.1 Å². The highest BCUT2D eigenvalue weighted by atomic mass is 15.2. The lowest BCUT2D eigenvalue weighted by atomic mass is 9.84. The molecule has 0 spiro atoms. The number of para-hydroxylation sites is 1. The first kappa shape index (κ1) is 12.3. The first-order valence-corrected chi connectivity index (χ1v) is 6.95. The summed E-state index contributed by atoms with van der Waals surface area (Å²) in [6.45, 7) is 6.81.